The van der Waals surface area contributed by atoms with Crippen molar-refractivity contribution in [2.75, 3.05) is 6.54 Å². The molecule has 1 nitrogen and oxygen atoms in total. The summed E-state index contributed by atoms with van der Waals surface area (Å²) in [6.07, 6.45) is 2.75. The van der Waals surface area contributed by atoms with Crippen LogP contribution in [0, 0.1) is 5.92 Å². The van der Waals surface area contributed by atoms with Gasteiger partial charge in [0.05, 0.1) is 0 Å². The van der Waals surface area contributed by atoms with Crippen molar-refractivity contribution < 1.29 is 0 Å². The first-order valence-electron chi connectivity index (χ1n) is 6.38. The molecule has 1 aliphatic rings. The number of nitrogens with two attached hydrogens (primary N) is 1. The smallest absolute Gasteiger partial charge is 0.00702 e. The first-order chi connectivity index (χ1) is 7.58. The van der Waals surface area contributed by atoms with E-state index in [0.29, 0.717) is 12.5 Å². The maximum atomic E-state index is 5.95. The molecule has 1 aliphatic carbocycles. The molecule has 1 aromatic carbocycles. The van der Waals surface area contributed by atoms with Crippen molar-refractivity contribution in [2.45, 2.75) is 44.9 Å². The summed E-state index contributed by atoms with van der Waals surface area (Å²) in [5, 5.41) is 0. The molecule has 1 unspecified atom stereocenters. The van der Waals surface area contributed by atoms with Gasteiger partial charge in [0, 0.05) is 12.0 Å². The molecule has 0 heterocycles. The van der Waals surface area contributed by atoms with Gasteiger partial charge in [-0.3, -0.25) is 0 Å². The van der Waals surface area contributed by atoms with Gasteiger partial charge in [0.2, 0.25) is 0 Å². The zero-order valence-electron chi connectivity index (χ0n) is 10.7. The first-order valence-corrected chi connectivity index (χ1v) is 6.38. The molecule has 1 atom stereocenters. The minimum Gasteiger partial charge on any atom is -0.330 e. The standard InChI is InChI=1S/C15H23N/c1-11(2)15(3,10-16)14-8-6-13(7-9-14)12-4-5-12/h6-9,11-12H,4-5,10,16H2,1-3H3. The van der Waals surface area contributed by atoms with Crippen LogP contribution in [-0.4, -0.2) is 6.54 Å². The average molecular weight is 217 g/mol. The lowest BCUT2D eigenvalue weighted by molar-refractivity contribution is 0.347. The lowest BCUT2D eigenvalue weighted by atomic mass is 9.73. The fourth-order valence-electron chi connectivity index (χ4n) is 2.24. The largest absolute Gasteiger partial charge is 0.330 e. The zero-order valence-corrected chi connectivity index (χ0v) is 10.7. The van der Waals surface area contributed by atoms with Crippen LogP contribution >= 0.6 is 0 Å². The normalized spacial score (nSPS) is 19.8. The molecule has 1 fully saturated rings. The van der Waals surface area contributed by atoms with E-state index < -0.39 is 0 Å². The summed E-state index contributed by atoms with van der Waals surface area (Å²) in [4.78, 5) is 0. The molecule has 88 valence electrons. The summed E-state index contributed by atoms with van der Waals surface area (Å²) in [6.45, 7) is 7.49. The third-order valence-electron chi connectivity index (χ3n) is 4.32. The molecule has 1 saturated carbocycles. The Bertz CT molecular complexity index is 348. The Morgan fingerprint density at radius 3 is 2.19 bits per heavy atom. The van der Waals surface area contributed by atoms with Gasteiger partial charge in [0.25, 0.3) is 0 Å². The van der Waals surface area contributed by atoms with E-state index in [2.05, 4.69) is 45.0 Å². The molecular formula is C15H23N. The summed E-state index contributed by atoms with van der Waals surface area (Å²) in [6, 6.07) is 9.15. The highest BCUT2D eigenvalue weighted by Gasteiger charge is 2.29. The minimum atomic E-state index is 0.113. The van der Waals surface area contributed by atoms with Crippen molar-refractivity contribution in [3.8, 4) is 0 Å². The maximum Gasteiger partial charge on any atom is 0.00702 e. The summed E-state index contributed by atoms with van der Waals surface area (Å²) in [7, 11) is 0. The monoisotopic (exact) mass is 217 g/mol. The van der Waals surface area contributed by atoms with Gasteiger partial charge in [-0.2, -0.15) is 0 Å². The van der Waals surface area contributed by atoms with E-state index in [1.54, 1.807) is 0 Å². The molecule has 0 amide bonds. The highest BCUT2D eigenvalue weighted by molar-refractivity contribution is 5.32. The molecule has 1 heteroatoms. The van der Waals surface area contributed by atoms with Crippen LogP contribution < -0.4 is 5.73 Å². The van der Waals surface area contributed by atoms with Crippen LogP contribution in [-0.2, 0) is 5.41 Å². The molecular weight excluding hydrogens is 194 g/mol. The Morgan fingerprint density at radius 1 is 1.25 bits per heavy atom. The molecule has 2 N–H and O–H groups in total. The third kappa shape index (κ3) is 2.01. The van der Waals surface area contributed by atoms with Gasteiger partial charge >= 0.3 is 0 Å². The summed E-state index contributed by atoms with van der Waals surface area (Å²) >= 11 is 0. The van der Waals surface area contributed by atoms with Crippen molar-refractivity contribution in [1.82, 2.24) is 0 Å². The number of benzene rings is 1. The van der Waals surface area contributed by atoms with Crippen molar-refractivity contribution in [1.29, 1.82) is 0 Å². The predicted octanol–water partition coefficient (Wildman–Crippen LogP) is 3.44. The SMILES string of the molecule is CC(C)C(C)(CN)c1ccc(C2CC2)cc1. The quantitative estimate of drug-likeness (QED) is 0.821. The Kier molecular flexibility index (Phi) is 3.07. The fourth-order valence-corrected chi connectivity index (χ4v) is 2.24. The van der Waals surface area contributed by atoms with E-state index in [-0.39, 0.29) is 5.41 Å². The maximum absolute atomic E-state index is 5.95. The van der Waals surface area contributed by atoms with Crippen LogP contribution in [0.15, 0.2) is 24.3 Å². The summed E-state index contributed by atoms with van der Waals surface area (Å²) in [5.41, 5.74) is 8.95. The number of hydrogen-bond donors (Lipinski definition) is 1. The Balaban J connectivity index is 2.25. The molecule has 16 heavy (non-hydrogen) atoms. The Labute approximate surface area is 99.0 Å². The molecule has 0 aromatic heterocycles. The summed E-state index contributed by atoms with van der Waals surface area (Å²) < 4.78 is 0. The van der Waals surface area contributed by atoms with Crippen LogP contribution in [0.3, 0.4) is 0 Å². The van der Waals surface area contributed by atoms with Crippen LogP contribution in [0.25, 0.3) is 0 Å². The van der Waals surface area contributed by atoms with Crippen LogP contribution in [0.5, 0.6) is 0 Å². The van der Waals surface area contributed by atoms with E-state index in [4.69, 9.17) is 5.73 Å². The highest BCUT2D eigenvalue weighted by atomic mass is 14.6. The molecule has 0 aliphatic heterocycles. The average Bonchev–Trinajstić information content (AvgIpc) is 3.12. The second-order valence-corrected chi connectivity index (χ2v) is 5.67. The fraction of sp³-hybridized carbons (Fsp3) is 0.600. The van der Waals surface area contributed by atoms with E-state index in [0.717, 1.165) is 5.92 Å². The van der Waals surface area contributed by atoms with Crippen LogP contribution in [0.2, 0.25) is 0 Å². The molecule has 0 bridgehead atoms. The van der Waals surface area contributed by atoms with E-state index in [1.165, 1.54) is 24.0 Å². The van der Waals surface area contributed by atoms with E-state index in [9.17, 15) is 0 Å². The van der Waals surface area contributed by atoms with Crippen molar-refractivity contribution in [3.63, 3.8) is 0 Å². The van der Waals surface area contributed by atoms with Gasteiger partial charge in [-0.1, -0.05) is 45.0 Å². The van der Waals surface area contributed by atoms with Gasteiger partial charge in [-0.25, -0.2) is 0 Å². The van der Waals surface area contributed by atoms with E-state index >= 15 is 0 Å². The van der Waals surface area contributed by atoms with Gasteiger partial charge in [0.1, 0.15) is 0 Å². The van der Waals surface area contributed by atoms with Gasteiger partial charge in [-0.15, -0.1) is 0 Å². The molecule has 0 saturated heterocycles. The van der Waals surface area contributed by atoms with Gasteiger partial charge in [-0.05, 0) is 35.8 Å². The Hall–Kier alpha value is -0.820. The molecule has 0 spiro atoms. The minimum absolute atomic E-state index is 0.113. The first kappa shape index (κ1) is 11.7. The predicted molar refractivity (Wildman–Crippen MR) is 69.7 cm³/mol. The zero-order chi connectivity index (χ0) is 11.8. The van der Waals surface area contributed by atoms with Crippen molar-refractivity contribution in [2.24, 2.45) is 11.7 Å². The number of hydrogen-bond acceptors (Lipinski definition) is 1. The number of rotatable bonds is 4. The molecule has 1 aromatic rings. The third-order valence-corrected chi connectivity index (χ3v) is 4.32. The molecule has 0 radical (unpaired) electrons. The Morgan fingerprint density at radius 2 is 1.81 bits per heavy atom. The second kappa shape index (κ2) is 4.21. The van der Waals surface area contributed by atoms with E-state index in [1.807, 2.05) is 0 Å². The van der Waals surface area contributed by atoms with Gasteiger partial charge < -0.3 is 5.73 Å². The highest BCUT2D eigenvalue weighted by Crippen LogP contribution is 2.41. The van der Waals surface area contributed by atoms with Crippen LogP contribution in [0.4, 0.5) is 0 Å². The topological polar surface area (TPSA) is 26.0 Å². The summed E-state index contributed by atoms with van der Waals surface area (Å²) in [5.74, 6) is 1.42. The lowest BCUT2D eigenvalue weighted by Gasteiger charge is -2.33. The molecule has 2 rings (SSSR count). The lowest BCUT2D eigenvalue weighted by Crippen LogP contribution is -2.37. The van der Waals surface area contributed by atoms with Crippen molar-refractivity contribution >= 4 is 0 Å². The van der Waals surface area contributed by atoms with Crippen molar-refractivity contribution in [3.05, 3.63) is 35.4 Å². The van der Waals surface area contributed by atoms with Gasteiger partial charge in [0.15, 0.2) is 0 Å². The van der Waals surface area contributed by atoms with Crippen LogP contribution in [0.1, 0.15) is 50.7 Å². The second-order valence-electron chi connectivity index (χ2n) is 5.67.